The van der Waals surface area contributed by atoms with Gasteiger partial charge in [0.2, 0.25) is 15.9 Å². The van der Waals surface area contributed by atoms with Crippen LogP contribution in [0.1, 0.15) is 25.8 Å². The standard InChI is InChI=1S/C17H26N2O5S2/c1-12(2)24-16(20)11-18-17(21)15(9-10-25-4)19-26(22,23)14-7-5-13(3)6-8-14/h5-8,12,15,19H,9-11H2,1-4H3,(H,18,21). The predicted molar refractivity (Wildman–Crippen MR) is 103 cm³/mol. The monoisotopic (exact) mass is 402 g/mol. The maximum Gasteiger partial charge on any atom is 0.325 e. The summed E-state index contributed by atoms with van der Waals surface area (Å²) in [5.41, 5.74) is 0.935. The van der Waals surface area contributed by atoms with Crippen LogP contribution in [0, 0.1) is 6.92 Å². The first kappa shape index (κ1) is 22.5. The molecule has 0 aliphatic rings. The van der Waals surface area contributed by atoms with Crippen LogP contribution in [-0.2, 0) is 24.3 Å². The Labute approximate surface area is 159 Å². The van der Waals surface area contributed by atoms with E-state index in [-0.39, 0.29) is 17.5 Å². The van der Waals surface area contributed by atoms with Gasteiger partial charge < -0.3 is 10.1 Å². The highest BCUT2D eigenvalue weighted by atomic mass is 32.2. The molecule has 0 spiro atoms. The number of thioether (sulfide) groups is 1. The smallest absolute Gasteiger partial charge is 0.325 e. The van der Waals surface area contributed by atoms with Gasteiger partial charge in [-0.15, -0.1) is 0 Å². The Hall–Kier alpha value is -1.58. The van der Waals surface area contributed by atoms with E-state index in [2.05, 4.69) is 10.0 Å². The van der Waals surface area contributed by atoms with Crippen LogP contribution in [0.15, 0.2) is 29.2 Å². The zero-order chi connectivity index (χ0) is 19.7. The number of nitrogens with one attached hydrogen (secondary N) is 2. The lowest BCUT2D eigenvalue weighted by atomic mass is 10.2. The minimum atomic E-state index is -3.85. The highest BCUT2D eigenvalue weighted by Gasteiger charge is 2.25. The number of sulfonamides is 1. The maximum absolute atomic E-state index is 12.5. The summed E-state index contributed by atoms with van der Waals surface area (Å²) in [5.74, 6) is -0.543. The van der Waals surface area contributed by atoms with Gasteiger partial charge in [-0.05, 0) is 51.3 Å². The summed E-state index contributed by atoms with van der Waals surface area (Å²) < 4.78 is 32.4. The summed E-state index contributed by atoms with van der Waals surface area (Å²) in [6.07, 6.45) is 1.88. The normalized spacial score (nSPS) is 12.7. The van der Waals surface area contributed by atoms with Gasteiger partial charge in [0.05, 0.1) is 11.0 Å². The van der Waals surface area contributed by atoms with Gasteiger partial charge in [0.15, 0.2) is 0 Å². The average Bonchev–Trinajstić information content (AvgIpc) is 2.56. The number of carbonyl (C=O) groups excluding carboxylic acids is 2. The van der Waals surface area contributed by atoms with Crippen LogP contribution in [0.25, 0.3) is 0 Å². The molecule has 1 aromatic rings. The third kappa shape index (κ3) is 7.76. The van der Waals surface area contributed by atoms with Crippen LogP contribution in [-0.4, -0.2) is 51.0 Å². The van der Waals surface area contributed by atoms with Crippen LogP contribution in [0.2, 0.25) is 0 Å². The lowest BCUT2D eigenvalue weighted by Crippen LogP contribution is -2.48. The van der Waals surface area contributed by atoms with Crippen molar-refractivity contribution in [2.75, 3.05) is 18.6 Å². The Bertz CT molecular complexity index is 702. The third-order valence-electron chi connectivity index (χ3n) is 3.33. The Balaban J connectivity index is 2.80. The van der Waals surface area contributed by atoms with E-state index in [0.717, 1.165) is 5.56 Å². The summed E-state index contributed by atoms with van der Waals surface area (Å²) in [4.78, 5) is 24.0. The summed E-state index contributed by atoms with van der Waals surface area (Å²) in [5, 5.41) is 2.43. The number of carbonyl (C=O) groups is 2. The van der Waals surface area contributed by atoms with E-state index >= 15 is 0 Å². The summed E-state index contributed by atoms with van der Waals surface area (Å²) in [6, 6.07) is 5.38. The SMILES string of the molecule is CSCCC(NS(=O)(=O)c1ccc(C)cc1)C(=O)NCC(=O)OC(C)C. The van der Waals surface area contributed by atoms with Crippen molar-refractivity contribution in [3.63, 3.8) is 0 Å². The fourth-order valence-corrected chi connectivity index (χ4v) is 3.74. The summed E-state index contributed by atoms with van der Waals surface area (Å²) >= 11 is 1.50. The lowest BCUT2D eigenvalue weighted by Gasteiger charge is -2.18. The van der Waals surface area contributed by atoms with Crippen LogP contribution in [0.3, 0.4) is 0 Å². The second-order valence-corrected chi connectivity index (χ2v) is 8.72. The molecule has 1 atom stereocenters. The first-order valence-electron chi connectivity index (χ1n) is 8.21. The Morgan fingerprint density at radius 1 is 1.19 bits per heavy atom. The quantitative estimate of drug-likeness (QED) is 0.575. The lowest BCUT2D eigenvalue weighted by molar-refractivity contribution is -0.147. The van der Waals surface area contributed by atoms with Crippen molar-refractivity contribution in [1.29, 1.82) is 0 Å². The topological polar surface area (TPSA) is 102 Å². The number of ether oxygens (including phenoxy) is 1. The first-order chi connectivity index (χ1) is 12.2. The van der Waals surface area contributed by atoms with Gasteiger partial charge in [0, 0.05) is 0 Å². The molecule has 1 amide bonds. The molecule has 0 saturated carbocycles. The second-order valence-electron chi connectivity index (χ2n) is 6.02. The molecule has 0 fully saturated rings. The number of amides is 1. The molecular formula is C17H26N2O5S2. The van der Waals surface area contributed by atoms with Crippen LogP contribution in [0.5, 0.6) is 0 Å². The fourth-order valence-electron chi connectivity index (χ4n) is 2.04. The highest BCUT2D eigenvalue weighted by Crippen LogP contribution is 2.12. The van der Waals surface area contributed by atoms with Crippen LogP contribution >= 0.6 is 11.8 Å². The van der Waals surface area contributed by atoms with Gasteiger partial charge >= 0.3 is 5.97 Å². The van der Waals surface area contributed by atoms with Gasteiger partial charge in [0.1, 0.15) is 12.6 Å². The van der Waals surface area contributed by atoms with Crippen molar-refractivity contribution in [2.45, 2.75) is 44.2 Å². The van der Waals surface area contributed by atoms with Crippen molar-refractivity contribution >= 4 is 33.7 Å². The molecule has 2 N–H and O–H groups in total. The Morgan fingerprint density at radius 3 is 2.35 bits per heavy atom. The van der Waals surface area contributed by atoms with E-state index in [1.54, 1.807) is 26.0 Å². The molecule has 1 rings (SSSR count). The Morgan fingerprint density at radius 2 is 1.81 bits per heavy atom. The minimum absolute atomic E-state index is 0.0873. The average molecular weight is 403 g/mol. The van der Waals surface area contributed by atoms with Crippen molar-refractivity contribution in [3.8, 4) is 0 Å². The molecule has 0 bridgehead atoms. The van der Waals surface area contributed by atoms with Gasteiger partial charge in [0.25, 0.3) is 0 Å². The van der Waals surface area contributed by atoms with Gasteiger partial charge in [-0.1, -0.05) is 17.7 Å². The van der Waals surface area contributed by atoms with Gasteiger partial charge in [-0.3, -0.25) is 9.59 Å². The molecule has 0 heterocycles. The molecule has 0 radical (unpaired) electrons. The summed E-state index contributed by atoms with van der Waals surface area (Å²) in [6.45, 7) is 4.96. The third-order valence-corrected chi connectivity index (χ3v) is 5.46. The molecule has 0 aliphatic carbocycles. The predicted octanol–water partition coefficient (Wildman–Crippen LogP) is 1.46. The molecule has 146 valence electrons. The molecular weight excluding hydrogens is 376 g/mol. The van der Waals surface area contributed by atoms with E-state index in [1.807, 2.05) is 13.2 Å². The minimum Gasteiger partial charge on any atom is -0.462 e. The molecule has 0 aromatic heterocycles. The number of rotatable bonds is 10. The Kier molecular flexibility index (Phi) is 9.11. The molecule has 1 aromatic carbocycles. The van der Waals surface area contributed by atoms with E-state index < -0.39 is 27.9 Å². The van der Waals surface area contributed by atoms with Crippen molar-refractivity contribution in [2.24, 2.45) is 0 Å². The number of benzene rings is 1. The van der Waals surface area contributed by atoms with Crippen molar-refractivity contribution in [3.05, 3.63) is 29.8 Å². The molecule has 7 nitrogen and oxygen atoms in total. The zero-order valence-corrected chi connectivity index (χ0v) is 17.1. The van der Waals surface area contributed by atoms with Crippen LogP contribution in [0.4, 0.5) is 0 Å². The van der Waals surface area contributed by atoms with Crippen molar-refractivity contribution < 1.29 is 22.7 Å². The molecule has 0 saturated heterocycles. The van der Waals surface area contributed by atoms with E-state index in [0.29, 0.717) is 12.2 Å². The summed E-state index contributed by atoms with van der Waals surface area (Å²) in [7, 11) is -3.85. The van der Waals surface area contributed by atoms with Gasteiger partial charge in [-0.2, -0.15) is 16.5 Å². The number of esters is 1. The van der Waals surface area contributed by atoms with E-state index in [4.69, 9.17) is 4.74 Å². The maximum atomic E-state index is 12.5. The number of aryl methyl sites for hydroxylation is 1. The highest BCUT2D eigenvalue weighted by molar-refractivity contribution is 7.98. The molecule has 26 heavy (non-hydrogen) atoms. The second kappa shape index (κ2) is 10.5. The number of hydrogen-bond donors (Lipinski definition) is 2. The van der Waals surface area contributed by atoms with Crippen molar-refractivity contribution in [1.82, 2.24) is 10.0 Å². The van der Waals surface area contributed by atoms with Gasteiger partial charge in [-0.25, -0.2) is 8.42 Å². The number of hydrogen-bond acceptors (Lipinski definition) is 6. The largest absolute Gasteiger partial charge is 0.462 e. The van der Waals surface area contributed by atoms with E-state index in [1.165, 1.54) is 23.9 Å². The van der Waals surface area contributed by atoms with E-state index in [9.17, 15) is 18.0 Å². The first-order valence-corrected chi connectivity index (χ1v) is 11.1. The molecule has 9 heteroatoms. The molecule has 1 unspecified atom stereocenters. The zero-order valence-electron chi connectivity index (χ0n) is 15.4. The van der Waals surface area contributed by atoms with Crippen LogP contribution < -0.4 is 10.0 Å². The fraction of sp³-hybridized carbons (Fsp3) is 0.529. The molecule has 0 aliphatic heterocycles.